The average Bonchev–Trinajstić information content (AvgIpc) is 3.14. The van der Waals surface area contributed by atoms with E-state index < -0.39 is 6.09 Å². The van der Waals surface area contributed by atoms with Crippen molar-refractivity contribution < 1.29 is 9.53 Å². The molecule has 2 aromatic rings. The molecule has 1 amide bonds. The molecule has 2 rings (SSSR count). The fourth-order valence-corrected chi connectivity index (χ4v) is 2.41. The molecule has 10 heteroatoms. The third-order valence-corrected chi connectivity index (χ3v) is 3.81. The van der Waals surface area contributed by atoms with E-state index in [0.717, 1.165) is 43.4 Å². The molecule has 9 nitrogen and oxygen atoms in total. The molecule has 0 aliphatic carbocycles. The zero-order chi connectivity index (χ0) is 19.5. The van der Waals surface area contributed by atoms with Crippen LogP contribution in [0.1, 0.15) is 25.2 Å². The molecular weight excluding hydrogens is 473 g/mol. The van der Waals surface area contributed by atoms with Crippen LogP contribution in [0.2, 0.25) is 0 Å². The lowest BCUT2D eigenvalue weighted by atomic mass is 10.2. The van der Waals surface area contributed by atoms with Crippen LogP contribution in [-0.2, 0) is 24.2 Å². The third kappa shape index (κ3) is 7.71. The first kappa shape index (κ1) is 23.7. The molecule has 0 fully saturated rings. The van der Waals surface area contributed by atoms with Crippen LogP contribution in [0.3, 0.4) is 0 Å². The molecule has 3 N–H and O–H groups in total. The Labute approximate surface area is 182 Å². The van der Waals surface area contributed by atoms with Crippen LogP contribution >= 0.6 is 24.0 Å². The van der Waals surface area contributed by atoms with Crippen LogP contribution in [0, 0.1) is 0 Å². The highest BCUT2D eigenvalue weighted by atomic mass is 127. The molecule has 0 unspecified atom stereocenters. The second-order valence-electron chi connectivity index (χ2n) is 5.73. The third-order valence-electron chi connectivity index (χ3n) is 3.81. The van der Waals surface area contributed by atoms with Crippen LogP contribution in [0.25, 0.3) is 0 Å². The summed E-state index contributed by atoms with van der Waals surface area (Å²) in [5.41, 5.74) is 1.72. The number of carbonyl (C=O) groups is 1. The molecule has 0 aliphatic heterocycles. The molecule has 154 valence electrons. The predicted octanol–water partition coefficient (Wildman–Crippen LogP) is 2.39. The van der Waals surface area contributed by atoms with Gasteiger partial charge in [-0.2, -0.15) is 0 Å². The van der Waals surface area contributed by atoms with E-state index in [9.17, 15) is 4.79 Å². The molecule has 1 aromatic heterocycles. The number of nitrogens with zero attached hydrogens (tertiary/aromatic N) is 4. The Bertz CT molecular complexity index is 747. The minimum Gasteiger partial charge on any atom is -0.453 e. The van der Waals surface area contributed by atoms with Gasteiger partial charge in [0.2, 0.25) is 0 Å². The van der Waals surface area contributed by atoms with E-state index in [4.69, 9.17) is 0 Å². The van der Waals surface area contributed by atoms with Gasteiger partial charge in [-0.25, -0.2) is 9.79 Å². The summed E-state index contributed by atoms with van der Waals surface area (Å²) in [7, 11) is 1.33. The predicted molar refractivity (Wildman–Crippen MR) is 120 cm³/mol. The number of aliphatic imine (C=N–C) groups is 1. The number of hydrogen-bond donors (Lipinski definition) is 3. The number of hydrogen-bond acceptors (Lipinski definition) is 5. The fourth-order valence-electron chi connectivity index (χ4n) is 2.41. The summed E-state index contributed by atoms with van der Waals surface area (Å²) in [6, 6.07) is 7.48. The summed E-state index contributed by atoms with van der Waals surface area (Å²) in [6.45, 7) is 6.89. The van der Waals surface area contributed by atoms with E-state index in [2.05, 4.69) is 42.8 Å². The Balaban J connectivity index is 0.00000392. The summed E-state index contributed by atoms with van der Waals surface area (Å²) < 4.78 is 6.60. The van der Waals surface area contributed by atoms with Crippen LogP contribution in [0.4, 0.5) is 10.5 Å². The number of carbonyl (C=O) groups excluding carboxylic acids is 1. The number of anilines is 1. The maximum absolute atomic E-state index is 11.2. The number of halogens is 1. The van der Waals surface area contributed by atoms with E-state index in [1.165, 1.54) is 7.11 Å². The molecule has 1 aromatic carbocycles. The Hall–Kier alpha value is -2.37. The lowest BCUT2D eigenvalue weighted by Gasteiger charge is -2.12. The Morgan fingerprint density at radius 3 is 2.61 bits per heavy atom. The van der Waals surface area contributed by atoms with Crippen molar-refractivity contribution in [2.24, 2.45) is 4.99 Å². The van der Waals surface area contributed by atoms with Crippen molar-refractivity contribution in [3.63, 3.8) is 0 Å². The van der Waals surface area contributed by atoms with Gasteiger partial charge < -0.3 is 19.9 Å². The maximum Gasteiger partial charge on any atom is 0.411 e. The van der Waals surface area contributed by atoms with Gasteiger partial charge in [-0.3, -0.25) is 5.32 Å². The van der Waals surface area contributed by atoms with Crippen molar-refractivity contribution in [3.8, 4) is 0 Å². The Morgan fingerprint density at radius 2 is 1.96 bits per heavy atom. The van der Waals surface area contributed by atoms with Crippen molar-refractivity contribution in [2.75, 3.05) is 25.5 Å². The largest absolute Gasteiger partial charge is 0.453 e. The van der Waals surface area contributed by atoms with E-state index >= 15 is 0 Å². The molecule has 0 saturated carbocycles. The number of aryl methyl sites for hydroxylation is 1. The van der Waals surface area contributed by atoms with Gasteiger partial charge in [-0.1, -0.05) is 19.1 Å². The zero-order valence-electron chi connectivity index (χ0n) is 16.4. The van der Waals surface area contributed by atoms with Gasteiger partial charge in [0.25, 0.3) is 0 Å². The molecule has 0 radical (unpaired) electrons. The van der Waals surface area contributed by atoms with Crippen molar-refractivity contribution in [1.82, 2.24) is 25.4 Å². The molecule has 0 spiro atoms. The highest BCUT2D eigenvalue weighted by Crippen LogP contribution is 2.10. The highest BCUT2D eigenvalue weighted by molar-refractivity contribution is 14.0. The van der Waals surface area contributed by atoms with E-state index in [-0.39, 0.29) is 24.0 Å². The molecule has 0 bridgehead atoms. The Kier molecular flexibility index (Phi) is 10.9. The van der Waals surface area contributed by atoms with Crippen molar-refractivity contribution in [3.05, 3.63) is 42.0 Å². The van der Waals surface area contributed by atoms with Crippen LogP contribution < -0.4 is 16.0 Å². The van der Waals surface area contributed by atoms with Crippen molar-refractivity contribution in [2.45, 2.75) is 33.4 Å². The number of ether oxygens (including phenoxy) is 1. The van der Waals surface area contributed by atoms with Gasteiger partial charge in [0, 0.05) is 31.7 Å². The molecule has 0 saturated heterocycles. The number of nitrogens with one attached hydrogen (secondary N) is 3. The number of amides is 1. The van der Waals surface area contributed by atoms with E-state index in [1.807, 2.05) is 35.8 Å². The number of aromatic nitrogens is 3. The summed E-state index contributed by atoms with van der Waals surface area (Å²) >= 11 is 0. The first-order valence-corrected chi connectivity index (χ1v) is 8.99. The van der Waals surface area contributed by atoms with Gasteiger partial charge >= 0.3 is 6.09 Å². The first-order valence-electron chi connectivity index (χ1n) is 8.99. The summed E-state index contributed by atoms with van der Waals surface area (Å²) in [6.07, 6.45) is 2.11. The van der Waals surface area contributed by atoms with Crippen LogP contribution in [-0.4, -0.2) is 47.0 Å². The smallest absolute Gasteiger partial charge is 0.411 e. The number of guanidine groups is 1. The second kappa shape index (κ2) is 12.9. The lowest BCUT2D eigenvalue weighted by molar-refractivity contribution is 0.187. The number of methoxy groups -OCH3 is 1. The lowest BCUT2D eigenvalue weighted by Crippen LogP contribution is -2.38. The topological polar surface area (TPSA) is 105 Å². The van der Waals surface area contributed by atoms with Crippen LogP contribution in [0.5, 0.6) is 0 Å². The SMILES string of the molecule is CCNC(=NCc1ccc(NC(=O)OC)cc1)NCCn1cnnc1CC.I. The quantitative estimate of drug-likeness (QED) is 0.292. The number of rotatable bonds is 8. The molecule has 1 heterocycles. The van der Waals surface area contributed by atoms with Gasteiger partial charge in [0.05, 0.1) is 13.7 Å². The second-order valence-corrected chi connectivity index (χ2v) is 5.73. The summed E-state index contributed by atoms with van der Waals surface area (Å²) in [5.74, 6) is 1.72. The average molecular weight is 501 g/mol. The normalized spacial score (nSPS) is 10.8. The van der Waals surface area contributed by atoms with Gasteiger partial charge in [0.15, 0.2) is 5.96 Å². The van der Waals surface area contributed by atoms with Crippen LogP contribution in [0.15, 0.2) is 35.6 Å². The van der Waals surface area contributed by atoms with E-state index in [0.29, 0.717) is 12.2 Å². The van der Waals surface area contributed by atoms with Crippen molar-refractivity contribution >= 4 is 41.7 Å². The van der Waals surface area contributed by atoms with Gasteiger partial charge in [-0.05, 0) is 24.6 Å². The van der Waals surface area contributed by atoms with Gasteiger partial charge in [-0.15, -0.1) is 34.2 Å². The Morgan fingerprint density at radius 1 is 1.21 bits per heavy atom. The minimum atomic E-state index is -0.487. The molecule has 0 aliphatic rings. The maximum atomic E-state index is 11.2. The fraction of sp³-hybridized carbons (Fsp3) is 0.444. The van der Waals surface area contributed by atoms with Gasteiger partial charge in [0.1, 0.15) is 12.2 Å². The molecular formula is C18H28IN7O2. The zero-order valence-corrected chi connectivity index (χ0v) is 18.8. The molecule has 28 heavy (non-hydrogen) atoms. The standard InChI is InChI=1S/C18H27N7O2.HI/c1-4-16-24-22-13-25(16)11-10-20-17(19-5-2)21-12-14-6-8-15(9-7-14)23-18(26)27-3;/h6-9,13H,4-5,10-12H2,1-3H3,(H,23,26)(H2,19,20,21);1H. The number of benzene rings is 1. The first-order chi connectivity index (χ1) is 13.2. The van der Waals surface area contributed by atoms with E-state index in [1.54, 1.807) is 6.33 Å². The highest BCUT2D eigenvalue weighted by Gasteiger charge is 2.03. The minimum absolute atomic E-state index is 0. The monoisotopic (exact) mass is 501 g/mol. The summed E-state index contributed by atoms with van der Waals surface area (Å²) in [4.78, 5) is 15.8. The van der Waals surface area contributed by atoms with Crippen molar-refractivity contribution in [1.29, 1.82) is 0 Å². The molecule has 0 atom stereocenters. The summed E-state index contributed by atoms with van der Waals surface area (Å²) in [5, 5.41) is 17.2.